The fraction of sp³-hybridized carbons (Fsp3) is 0.333. The first-order valence-corrected chi connectivity index (χ1v) is 6.72. The predicted octanol–water partition coefficient (Wildman–Crippen LogP) is 1.68. The molecule has 0 spiro atoms. The maximum atomic E-state index is 12.9. The Kier molecular flexibility index (Phi) is 4.70. The summed E-state index contributed by atoms with van der Waals surface area (Å²) < 4.78 is 14.5. The van der Waals surface area contributed by atoms with Crippen molar-refractivity contribution in [1.29, 1.82) is 0 Å². The van der Waals surface area contributed by atoms with Crippen LogP contribution in [0.4, 0.5) is 4.39 Å². The van der Waals surface area contributed by atoms with Gasteiger partial charge in [0.1, 0.15) is 5.82 Å². The van der Waals surface area contributed by atoms with Crippen molar-refractivity contribution in [1.82, 2.24) is 15.1 Å². The summed E-state index contributed by atoms with van der Waals surface area (Å²) in [4.78, 5) is 12.1. The van der Waals surface area contributed by atoms with Gasteiger partial charge in [-0.15, -0.1) is 0 Å². The third-order valence-corrected chi connectivity index (χ3v) is 3.25. The largest absolute Gasteiger partial charge is 0.396 e. The Morgan fingerprint density at radius 2 is 2.10 bits per heavy atom. The number of carbonyl (C=O) groups excluding carboxylic acids is 1. The summed E-state index contributed by atoms with van der Waals surface area (Å²) in [5.74, 6) is -0.554. The normalized spacial score (nSPS) is 12.2. The van der Waals surface area contributed by atoms with Crippen LogP contribution in [0.25, 0.3) is 5.69 Å². The van der Waals surface area contributed by atoms with Gasteiger partial charge in [-0.05, 0) is 37.1 Å². The zero-order valence-corrected chi connectivity index (χ0v) is 12.0. The number of aromatic nitrogens is 2. The van der Waals surface area contributed by atoms with Crippen molar-refractivity contribution in [2.45, 2.75) is 13.8 Å². The van der Waals surface area contributed by atoms with Gasteiger partial charge in [0.15, 0.2) is 0 Å². The van der Waals surface area contributed by atoms with Crippen LogP contribution in [0.5, 0.6) is 0 Å². The van der Waals surface area contributed by atoms with Gasteiger partial charge >= 0.3 is 0 Å². The van der Waals surface area contributed by atoms with Crippen molar-refractivity contribution in [2.75, 3.05) is 13.2 Å². The number of amides is 1. The van der Waals surface area contributed by atoms with Gasteiger partial charge in [0.2, 0.25) is 0 Å². The minimum absolute atomic E-state index is 0.00130. The Morgan fingerprint density at radius 1 is 1.43 bits per heavy atom. The number of hydrogen-bond donors (Lipinski definition) is 2. The standard InChI is InChI=1S/C15H18FN3O2/c1-10(9-20)7-17-15(21)14-8-18-19(11(14)2)13-5-3-12(16)4-6-13/h3-6,8,10,20H,7,9H2,1-2H3,(H,17,21). The predicted molar refractivity (Wildman–Crippen MR) is 76.8 cm³/mol. The van der Waals surface area contributed by atoms with Crippen LogP contribution in [0.1, 0.15) is 23.0 Å². The van der Waals surface area contributed by atoms with Crippen LogP contribution in [0.3, 0.4) is 0 Å². The number of carbonyl (C=O) groups is 1. The average Bonchev–Trinajstić information content (AvgIpc) is 2.87. The van der Waals surface area contributed by atoms with Crippen LogP contribution in [0.2, 0.25) is 0 Å². The Hall–Kier alpha value is -2.21. The Balaban J connectivity index is 2.16. The van der Waals surface area contributed by atoms with Crippen LogP contribution in [0, 0.1) is 18.7 Å². The molecule has 2 N–H and O–H groups in total. The van der Waals surface area contributed by atoms with Crippen molar-refractivity contribution in [3.63, 3.8) is 0 Å². The fourth-order valence-corrected chi connectivity index (χ4v) is 1.90. The molecule has 0 saturated heterocycles. The topological polar surface area (TPSA) is 67.2 Å². The summed E-state index contributed by atoms with van der Waals surface area (Å²) in [7, 11) is 0. The molecule has 0 aliphatic carbocycles. The van der Waals surface area contributed by atoms with Gasteiger partial charge in [-0.2, -0.15) is 5.10 Å². The van der Waals surface area contributed by atoms with E-state index < -0.39 is 0 Å². The van der Waals surface area contributed by atoms with E-state index in [2.05, 4.69) is 10.4 Å². The monoisotopic (exact) mass is 291 g/mol. The number of halogens is 1. The Morgan fingerprint density at radius 3 is 2.71 bits per heavy atom. The first-order valence-electron chi connectivity index (χ1n) is 6.72. The van der Waals surface area contributed by atoms with Gasteiger partial charge < -0.3 is 10.4 Å². The summed E-state index contributed by atoms with van der Waals surface area (Å²) in [6.45, 7) is 4.04. The van der Waals surface area contributed by atoms with Gasteiger partial charge in [0.25, 0.3) is 5.91 Å². The first kappa shape index (κ1) is 15.2. The molecule has 0 radical (unpaired) electrons. The molecule has 2 aromatic rings. The lowest BCUT2D eigenvalue weighted by Crippen LogP contribution is -2.29. The molecule has 5 nitrogen and oxygen atoms in total. The van der Waals surface area contributed by atoms with Crippen molar-refractivity contribution < 1.29 is 14.3 Å². The quantitative estimate of drug-likeness (QED) is 0.880. The minimum atomic E-state index is -0.320. The van der Waals surface area contributed by atoms with Crippen LogP contribution >= 0.6 is 0 Å². The minimum Gasteiger partial charge on any atom is -0.396 e. The van der Waals surface area contributed by atoms with Gasteiger partial charge in [0.05, 0.1) is 23.1 Å². The van der Waals surface area contributed by atoms with E-state index in [1.165, 1.54) is 18.3 Å². The zero-order chi connectivity index (χ0) is 15.4. The number of aliphatic hydroxyl groups excluding tert-OH is 1. The molecule has 1 atom stereocenters. The van der Waals surface area contributed by atoms with Crippen LogP contribution in [0.15, 0.2) is 30.5 Å². The van der Waals surface area contributed by atoms with Crippen LogP contribution in [-0.4, -0.2) is 33.9 Å². The molecule has 0 aliphatic rings. The molecule has 0 saturated carbocycles. The lowest BCUT2D eigenvalue weighted by atomic mass is 10.2. The molecule has 112 valence electrons. The SMILES string of the molecule is Cc1c(C(=O)NCC(C)CO)cnn1-c1ccc(F)cc1. The number of rotatable bonds is 5. The van der Waals surface area contributed by atoms with Crippen molar-refractivity contribution in [2.24, 2.45) is 5.92 Å². The lowest BCUT2D eigenvalue weighted by Gasteiger charge is -2.09. The second-order valence-electron chi connectivity index (χ2n) is 5.03. The van der Waals surface area contributed by atoms with Gasteiger partial charge in [-0.3, -0.25) is 4.79 Å². The molecule has 1 heterocycles. The Bertz CT molecular complexity index is 622. The maximum absolute atomic E-state index is 12.9. The number of aliphatic hydroxyl groups is 1. The molecule has 1 aromatic heterocycles. The summed E-state index contributed by atoms with van der Waals surface area (Å²) >= 11 is 0. The molecule has 0 bridgehead atoms. The van der Waals surface area contributed by atoms with E-state index in [1.807, 2.05) is 6.92 Å². The number of benzene rings is 1. The van der Waals surface area contributed by atoms with E-state index in [4.69, 9.17) is 5.11 Å². The third kappa shape index (κ3) is 3.46. The molecular weight excluding hydrogens is 273 g/mol. The van der Waals surface area contributed by atoms with E-state index in [0.717, 1.165) is 0 Å². The van der Waals surface area contributed by atoms with E-state index in [0.29, 0.717) is 23.5 Å². The fourth-order valence-electron chi connectivity index (χ4n) is 1.90. The second-order valence-corrected chi connectivity index (χ2v) is 5.03. The van der Waals surface area contributed by atoms with Gasteiger partial charge in [-0.25, -0.2) is 9.07 Å². The highest BCUT2D eigenvalue weighted by atomic mass is 19.1. The highest BCUT2D eigenvalue weighted by molar-refractivity contribution is 5.95. The molecule has 1 aromatic carbocycles. The highest BCUT2D eigenvalue weighted by Gasteiger charge is 2.15. The smallest absolute Gasteiger partial charge is 0.254 e. The van der Waals surface area contributed by atoms with Gasteiger partial charge in [0, 0.05) is 13.2 Å². The molecule has 21 heavy (non-hydrogen) atoms. The number of nitrogens with one attached hydrogen (secondary N) is 1. The summed E-state index contributed by atoms with van der Waals surface area (Å²) in [6.07, 6.45) is 1.48. The van der Waals surface area contributed by atoms with Gasteiger partial charge in [-0.1, -0.05) is 6.92 Å². The number of hydrogen-bond acceptors (Lipinski definition) is 3. The second kappa shape index (κ2) is 6.49. The number of nitrogens with zero attached hydrogens (tertiary/aromatic N) is 2. The summed E-state index contributed by atoms with van der Waals surface area (Å²) in [6, 6.07) is 5.90. The van der Waals surface area contributed by atoms with Crippen LogP contribution < -0.4 is 5.32 Å². The third-order valence-electron chi connectivity index (χ3n) is 3.25. The molecule has 2 rings (SSSR count). The summed E-state index contributed by atoms with van der Waals surface area (Å²) in [5.41, 5.74) is 1.83. The lowest BCUT2D eigenvalue weighted by molar-refractivity contribution is 0.0941. The molecule has 1 unspecified atom stereocenters. The molecule has 0 fully saturated rings. The van der Waals surface area contributed by atoms with Crippen molar-refractivity contribution in [3.8, 4) is 5.69 Å². The van der Waals surface area contributed by atoms with E-state index >= 15 is 0 Å². The van der Waals surface area contributed by atoms with Crippen molar-refractivity contribution >= 4 is 5.91 Å². The van der Waals surface area contributed by atoms with Crippen LogP contribution in [-0.2, 0) is 0 Å². The first-order chi connectivity index (χ1) is 10.0. The van der Waals surface area contributed by atoms with Crippen molar-refractivity contribution in [3.05, 3.63) is 47.5 Å². The Labute approximate surface area is 122 Å². The molecule has 0 aliphatic heterocycles. The van der Waals surface area contributed by atoms with E-state index in [1.54, 1.807) is 23.7 Å². The van der Waals surface area contributed by atoms with E-state index in [9.17, 15) is 9.18 Å². The van der Waals surface area contributed by atoms with E-state index in [-0.39, 0.29) is 24.2 Å². The molecule has 1 amide bonds. The summed E-state index contributed by atoms with van der Waals surface area (Å²) in [5, 5.41) is 15.9. The zero-order valence-electron chi connectivity index (χ0n) is 12.0. The average molecular weight is 291 g/mol. The molecular formula is C15H18FN3O2. The molecule has 6 heteroatoms. The highest BCUT2D eigenvalue weighted by Crippen LogP contribution is 2.14. The maximum Gasteiger partial charge on any atom is 0.254 e.